The van der Waals surface area contributed by atoms with E-state index in [0.29, 0.717) is 13.0 Å². The van der Waals surface area contributed by atoms with Gasteiger partial charge in [-0.2, -0.15) is 0 Å². The van der Waals surface area contributed by atoms with Crippen molar-refractivity contribution in [2.45, 2.75) is 40.0 Å². The largest absolute Gasteiger partial charge is 0.492 e. The van der Waals surface area contributed by atoms with Crippen LogP contribution in [0.5, 0.6) is 5.75 Å². The van der Waals surface area contributed by atoms with Crippen LogP contribution in [0.2, 0.25) is 0 Å². The minimum Gasteiger partial charge on any atom is -0.492 e. The number of likely N-dealkylation sites (N-methyl/N-ethyl adjacent to an activating group) is 1. The molecule has 0 heterocycles. The Labute approximate surface area is 205 Å². The van der Waals surface area contributed by atoms with Crippen LogP contribution >= 0.6 is 12.4 Å². The maximum absolute atomic E-state index is 13.4. The Morgan fingerprint density at radius 2 is 1.33 bits per heavy atom. The Balaban J connectivity index is 0.00000385. The molecular weight excluding hydrogens is 430 g/mol. The van der Waals surface area contributed by atoms with E-state index in [9.17, 15) is 4.79 Å². The van der Waals surface area contributed by atoms with Crippen LogP contribution in [0.4, 0.5) is 0 Å². The normalized spacial score (nSPS) is 10.8. The van der Waals surface area contributed by atoms with Crippen LogP contribution < -0.4 is 4.74 Å². The number of aryl methyl sites for hydroxylation is 2. The van der Waals surface area contributed by atoms with Crippen molar-refractivity contribution in [2.24, 2.45) is 0 Å². The third kappa shape index (κ3) is 7.18. The number of Topliss-reactive ketones (excluding diaryl/α,β-unsaturated/α-hetero) is 1. The van der Waals surface area contributed by atoms with Crippen molar-refractivity contribution in [1.29, 1.82) is 0 Å². The summed E-state index contributed by atoms with van der Waals surface area (Å²) in [6.07, 6.45) is 0.440. The van der Waals surface area contributed by atoms with Gasteiger partial charge in [-0.05, 0) is 61.3 Å². The fourth-order valence-corrected chi connectivity index (χ4v) is 4.26. The first-order chi connectivity index (χ1) is 15.5. The molecule has 0 aliphatic heterocycles. The maximum Gasteiger partial charge on any atom is 0.163 e. The topological polar surface area (TPSA) is 29.5 Å². The van der Waals surface area contributed by atoms with Gasteiger partial charge in [-0.1, -0.05) is 74.5 Å². The lowest BCUT2D eigenvalue weighted by atomic mass is 9.85. The molecule has 0 N–H and O–H groups in total. The number of carbonyl (C=O) groups is 1. The van der Waals surface area contributed by atoms with Crippen LogP contribution in [-0.4, -0.2) is 36.9 Å². The van der Waals surface area contributed by atoms with Crippen LogP contribution in [0, 0.1) is 13.8 Å². The smallest absolute Gasteiger partial charge is 0.163 e. The summed E-state index contributed by atoms with van der Waals surface area (Å²) in [5.41, 5.74) is 5.12. The second-order valence-corrected chi connectivity index (χ2v) is 8.32. The van der Waals surface area contributed by atoms with E-state index in [4.69, 9.17) is 4.74 Å². The second kappa shape index (κ2) is 13.2. The van der Waals surface area contributed by atoms with Gasteiger partial charge in [0.2, 0.25) is 0 Å². The number of rotatable bonds is 11. The van der Waals surface area contributed by atoms with Crippen LogP contribution in [0.1, 0.15) is 58.8 Å². The summed E-state index contributed by atoms with van der Waals surface area (Å²) in [5.74, 6) is 1.09. The number of benzene rings is 3. The molecule has 0 saturated heterocycles. The first-order valence-electron chi connectivity index (χ1n) is 11.6. The third-order valence-electron chi connectivity index (χ3n) is 6.12. The highest BCUT2D eigenvalue weighted by Crippen LogP contribution is 2.31. The summed E-state index contributed by atoms with van der Waals surface area (Å²) in [7, 11) is 0. The highest BCUT2D eigenvalue weighted by atomic mass is 35.5. The number of carbonyl (C=O) groups excluding carboxylic acids is 1. The number of ether oxygens (including phenoxy) is 1. The Morgan fingerprint density at radius 3 is 1.79 bits per heavy atom. The fourth-order valence-electron chi connectivity index (χ4n) is 4.26. The number of halogens is 1. The lowest BCUT2D eigenvalue weighted by Crippen LogP contribution is -2.28. The molecule has 176 valence electrons. The molecule has 0 atom stereocenters. The zero-order chi connectivity index (χ0) is 22.9. The predicted molar refractivity (Wildman–Crippen MR) is 140 cm³/mol. The third-order valence-corrected chi connectivity index (χ3v) is 6.12. The van der Waals surface area contributed by atoms with Crippen molar-refractivity contribution in [1.82, 2.24) is 4.90 Å². The van der Waals surface area contributed by atoms with E-state index in [1.807, 2.05) is 62.4 Å². The van der Waals surface area contributed by atoms with E-state index in [1.54, 1.807) is 0 Å². The van der Waals surface area contributed by atoms with E-state index in [2.05, 4.69) is 43.0 Å². The molecule has 0 bridgehead atoms. The van der Waals surface area contributed by atoms with Crippen molar-refractivity contribution < 1.29 is 9.53 Å². The van der Waals surface area contributed by atoms with Crippen molar-refractivity contribution >= 4 is 18.2 Å². The second-order valence-electron chi connectivity index (χ2n) is 8.32. The molecule has 0 fully saturated rings. The minimum absolute atomic E-state index is 0. The molecule has 0 aliphatic carbocycles. The lowest BCUT2D eigenvalue weighted by Gasteiger charge is -2.20. The number of hydrogen-bond acceptors (Lipinski definition) is 3. The molecule has 0 aliphatic rings. The first-order valence-corrected chi connectivity index (χ1v) is 11.6. The average molecular weight is 466 g/mol. The molecule has 3 aromatic carbocycles. The van der Waals surface area contributed by atoms with Crippen molar-refractivity contribution in [3.63, 3.8) is 0 Å². The van der Waals surface area contributed by atoms with Gasteiger partial charge in [-0.15, -0.1) is 12.4 Å². The van der Waals surface area contributed by atoms with Gasteiger partial charge in [-0.25, -0.2) is 0 Å². The summed E-state index contributed by atoms with van der Waals surface area (Å²) in [6.45, 7) is 12.0. The van der Waals surface area contributed by atoms with Crippen LogP contribution in [0.3, 0.4) is 0 Å². The monoisotopic (exact) mass is 465 g/mol. The van der Waals surface area contributed by atoms with E-state index in [-0.39, 0.29) is 24.1 Å². The van der Waals surface area contributed by atoms with Gasteiger partial charge in [0.15, 0.2) is 5.78 Å². The quantitative estimate of drug-likeness (QED) is 0.290. The van der Waals surface area contributed by atoms with Crippen LogP contribution in [0.25, 0.3) is 0 Å². The Hall–Kier alpha value is -2.62. The molecule has 3 aromatic rings. The van der Waals surface area contributed by atoms with E-state index >= 15 is 0 Å². The highest BCUT2D eigenvalue weighted by molar-refractivity contribution is 5.97. The fraction of sp³-hybridized carbons (Fsp3) is 0.345. The summed E-state index contributed by atoms with van der Waals surface area (Å²) < 4.78 is 6.10. The SMILES string of the molecule is CCN(CC)CCOc1c(C)cc(C(=O)CC(c2ccccc2)c2ccccc2)cc1C.Cl. The highest BCUT2D eigenvalue weighted by Gasteiger charge is 2.20. The Kier molecular flexibility index (Phi) is 10.6. The van der Waals surface area contributed by atoms with Crippen molar-refractivity contribution in [3.8, 4) is 5.75 Å². The van der Waals surface area contributed by atoms with Crippen LogP contribution in [0.15, 0.2) is 72.8 Å². The Bertz CT molecular complexity index is 938. The molecule has 3 rings (SSSR count). The van der Waals surface area contributed by atoms with Gasteiger partial charge < -0.3 is 9.64 Å². The number of ketones is 1. The summed E-state index contributed by atoms with van der Waals surface area (Å²) in [5, 5.41) is 0. The zero-order valence-electron chi connectivity index (χ0n) is 20.2. The molecule has 0 amide bonds. The summed E-state index contributed by atoms with van der Waals surface area (Å²) >= 11 is 0. The molecule has 0 saturated carbocycles. The molecule has 0 radical (unpaired) electrons. The standard InChI is InChI=1S/C29H35NO2.ClH/c1-5-30(6-2)17-18-32-29-22(3)19-26(20-23(29)4)28(31)21-27(24-13-9-7-10-14-24)25-15-11-8-12-16-25;/h7-16,19-20,27H,5-6,17-18,21H2,1-4H3;1H. The summed E-state index contributed by atoms with van der Waals surface area (Å²) in [6, 6.07) is 24.6. The first kappa shape index (κ1) is 26.6. The number of nitrogens with zero attached hydrogens (tertiary/aromatic N) is 1. The van der Waals surface area contributed by atoms with Gasteiger partial charge in [0.1, 0.15) is 12.4 Å². The minimum atomic E-state index is 0. The Morgan fingerprint density at radius 1 is 0.848 bits per heavy atom. The van der Waals surface area contributed by atoms with Gasteiger partial charge in [-0.3, -0.25) is 4.79 Å². The summed E-state index contributed by atoms with van der Waals surface area (Å²) in [4.78, 5) is 15.7. The molecule has 0 unspecified atom stereocenters. The average Bonchev–Trinajstić information content (AvgIpc) is 2.82. The van der Waals surface area contributed by atoms with Crippen LogP contribution in [-0.2, 0) is 0 Å². The molecule has 4 heteroatoms. The van der Waals surface area contributed by atoms with Gasteiger partial charge >= 0.3 is 0 Å². The van der Waals surface area contributed by atoms with Gasteiger partial charge in [0.25, 0.3) is 0 Å². The number of hydrogen-bond donors (Lipinski definition) is 0. The molecule has 3 nitrogen and oxygen atoms in total. The molecule has 0 spiro atoms. The van der Waals surface area contributed by atoms with E-state index in [1.165, 1.54) is 0 Å². The maximum atomic E-state index is 13.4. The van der Waals surface area contributed by atoms with E-state index in [0.717, 1.165) is 53.2 Å². The van der Waals surface area contributed by atoms with Crippen molar-refractivity contribution in [3.05, 3.63) is 101 Å². The molecular formula is C29H36ClNO2. The van der Waals surface area contributed by atoms with E-state index < -0.39 is 0 Å². The van der Waals surface area contributed by atoms with Gasteiger partial charge in [0, 0.05) is 24.4 Å². The van der Waals surface area contributed by atoms with Gasteiger partial charge in [0.05, 0.1) is 0 Å². The lowest BCUT2D eigenvalue weighted by molar-refractivity contribution is 0.0977. The molecule has 0 aromatic heterocycles. The molecule has 33 heavy (non-hydrogen) atoms. The van der Waals surface area contributed by atoms with Crippen molar-refractivity contribution in [2.75, 3.05) is 26.2 Å². The predicted octanol–water partition coefficient (Wildman–Crippen LogP) is 6.85. The zero-order valence-corrected chi connectivity index (χ0v) is 21.0.